The van der Waals surface area contributed by atoms with Crippen molar-refractivity contribution in [2.75, 3.05) is 67.1 Å². The molecule has 19 heteroatoms. The van der Waals surface area contributed by atoms with Crippen LogP contribution in [0.5, 0.6) is 0 Å². The molecule has 0 radical (unpaired) electrons. The third-order valence-corrected chi connectivity index (χ3v) is 9.12. The van der Waals surface area contributed by atoms with Gasteiger partial charge in [-0.1, -0.05) is 19.8 Å². The molecule has 238 valence electrons. The van der Waals surface area contributed by atoms with Gasteiger partial charge in [-0.15, -0.1) is 0 Å². The van der Waals surface area contributed by atoms with E-state index in [1.807, 2.05) is 21.2 Å². The van der Waals surface area contributed by atoms with Crippen molar-refractivity contribution in [3.63, 3.8) is 0 Å². The minimum atomic E-state index is -1.18. The van der Waals surface area contributed by atoms with Crippen LogP contribution in [0.2, 0.25) is 0 Å². The second kappa shape index (κ2) is 26.9. The molecule has 1 N–H and O–H groups in total. The lowest BCUT2D eigenvalue weighted by atomic mass is 10.1. The van der Waals surface area contributed by atoms with Crippen LogP contribution in [0.4, 0.5) is 4.79 Å². The van der Waals surface area contributed by atoms with Crippen LogP contribution in [0.15, 0.2) is 0 Å². The Balaban J connectivity index is 4.80. The predicted molar refractivity (Wildman–Crippen MR) is 175 cm³/mol. The number of aliphatic hydroxyl groups is 1. The van der Waals surface area contributed by atoms with E-state index in [1.54, 1.807) is 28.3 Å². The molecule has 0 aliphatic rings. The van der Waals surface area contributed by atoms with Crippen LogP contribution in [0.25, 0.3) is 0 Å². The summed E-state index contributed by atoms with van der Waals surface area (Å²) in [5.74, 6) is -2.04. The summed E-state index contributed by atoms with van der Waals surface area (Å²) in [6.45, 7) is 0.137. The Morgan fingerprint density at radius 1 is 0.756 bits per heavy atom. The van der Waals surface area contributed by atoms with Gasteiger partial charge in [-0.05, 0) is 8.93 Å². The molecule has 0 aliphatic carbocycles. The first kappa shape index (κ1) is 41.5. The standard InChI is InChI=1S/C22H35I2O13PS3/c1-31-6-14(4-21(29)41-38)7-33-8-15(3-20(28)39-23)9-34-12-17(37-22(30)40-24)13-35-10-16(25)11-36-19(27)5-18(26)32-2/h14-17,25H,3-13,38H2,1-2H3. The van der Waals surface area contributed by atoms with Gasteiger partial charge >= 0.3 is 17.2 Å². The molecule has 5 unspecified atom stereocenters. The molecule has 0 aromatic heterocycles. The highest BCUT2D eigenvalue weighted by Crippen LogP contribution is 2.21. The molecule has 0 aliphatic heterocycles. The first-order chi connectivity index (χ1) is 19.6. The van der Waals surface area contributed by atoms with Crippen molar-refractivity contribution < 1.29 is 62.2 Å². The Labute approximate surface area is 278 Å². The van der Waals surface area contributed by atoms with Crippen LogP contribution in [0.1, 0.15) is 19.3 Å². The van der Waals surface area contributed by atoms with Crippen molar-refractivity contribution >= 4 is 108 Å². The van der Waals surface area contributed by atoms with E-state index in [-0.39, 0.29) is 74.5 Å². The Morgan fingerprint density at radius 3 is 1.85 bits per heavy atom. The number of aliphatic hydroxyl groups excluding tert-OH is 1. The molecule has 13 nitrogen and oxygen atoms in total. The number of ether oxygens (including phenoxy) is 7. The summed E-state index contributed by atoms with van der Waals surface area (Å²) in [6.07, 6.45) is -2.10. The summed E-state index contributed by atoms with van der Waals surface area (Å²) >= 11 is 4.74. The topological polar surface area (TPSA) is 170 Å². The van der Waals surface area contributed by atoms with E-state index in [2.05, 4.69) is 13.2 Å². The number of halogens is 2. The first-order valence-corrected chi connectivity index (χ1v) is 20.9. The zero-order valence-corrected chi connectivity index (χ0v) is 30.4. The highest BCUT2D eigenvalue weighted by atomic mass is 127. The van der Waals surface area contributed by atoms with Gasteiger partial charge in [-0.25, -0.2) is 4.79 Å². The highest BCUT2D eigenvalue weighted by molar-refractivity contribution is 14.2. The van der Waals surface area contributed by atoms with Gasteiger partial charge in [-0.3, -0.25) is 19.2 Å². The Kier molecular flexibility index (Phi) is 27.2. The number of carbonyl (C=O) groups is 5. The maximum Gasteiger partial charge on any atom is 0.378 e. The van der Waals surface area contributed by atoms with E-state index in [0.29, 0.717) is 6.61 Å². The summed E-state index contributed by atoms with van der Waals surface area (Å²) in [5, 5.41) is 9.33. The third kappa shape index (κ3) is 23.5. The van der Waals surface area contributed by atoms with Gasteiger partial charge in [-0.2, -0.15) is 0 Å². The van der Waals surface area contributed by atoms with Crippen molar-refractivity contribution in [3.05, 3.63) is 0 Å². The monoisotopic (exact) mass is 888 g/mol. The lowest BCUT2D eigenvalue weighted by Crippen LogP contribution is -2.32. The molecule has 0 aromatic carbocycles. The molecule has 0 fully saturated rings. The second-order valence-electron chi connectivity index (χ2n) is 8.30. The lowest BCUT2D eigenvalue weighted by Gasteiger charge is -2.22. The predicted octanol–water partition coefficient (Wildman–Crippen LogP) is 3.41. The van der Waals surface area contributed by atoms with Gasteiger partial charge in [0, 0.05) is 83.1 Å². The van der Waals surface area contributed by atoms with Gasteiger partial charge in [0.2, 0.25) is 0 Å². The van der Waals surface area contributed by atoms with E-state index >= 15 is 0 Å². The molecule has 0 saturated carbocycles. The van der Waals surface area contributed by atoms with E-state index in [4.69, 9.17) is 28.4 Å². The first-order valence-electron chi connectivity index (χ1n) is 11.9. The van der Waals surface area contributed by atoms with Gasteiger partial charge in [0.15, 0.2) is 10.2 Å². The average Bonchev–Trinajstić information content (AvgIpc) is 2.95. The highest BCUT2D eigenvalue weighted by Gasteiger charge is 2.21. The third-order valence-electron chi connectivity index (χ3n) is 4.79. The summed E-state index contributed by atoms with van der Waals surface area (Å²) in [6, 6.07) is 0. The number of hydrogen-bond acceptors (Lipinski definition) is 16. The number of methoxy groups -OCH3 is 2. The maximum absolute atomic E-state index is 12.1. The molecule has 0 heterocycles. The number of hydrogen-bond donors (Lipinski definition) is 1. The minimum Gasteiger partial charge on any atom is -0.469 e. The Bertz CT molecular complexity index is 800. The quantitative estimate of drug-likeness (QED) is 0.0520. The zero-order valence-electron chi connectivity index (χ0n) is 22.5. The van der Waals surface area contributed by atoms with Gasteiger partial charge in [0.05, 0.1) is 53.4 Å². The maximum atomic E-state index is 12.1. The molecule has 41 heavy (non-hydrogen) atoms. The molecule has 0 rings (SSSR count). The van der Waals surface area contributed by atoms with Crippen LogP contribution in [-0.4, -0.2) is 112 Å². The smallest absolute Gasteiger partial charge is 0.378 e. The fraction of sp³-hybridized carbons (Fsp3) is 0.773. The van der Waals surface area contributed by atoms with Crippen LogP contribution >= 0.6 is 80.1 Å². The molecule has 0 amide bonds. The van der Waals surface area contributed by atoms with Crippen LogP contribution in [-0.2, 0) is 52.3 Å². The number of rotatable bonds is 23. The fourth-order valence-corrected chi connectivity index (χ4v) is 4.91. The van der Waals surface area contributed by atoms with Crippen molar-refractivity contribution in [1.82, 2.24) is 0 Å². The molecular formula is C22H35I2O13PS3. The fourth-order valence-electron chi connectivity index (χ4n) is 2.97. The molecule has 5 atom stereocenters. The van der Waals surface area contributed by atoms with Crippen LogP contribution in [0.3, 0.4) is 0 Å². The largest absolute Gasteiger partial charge is 0.469 e. The second-order valence-corrected chi connectivity index (χ2v) is 13.4. The van der Waals surface area contributed by atoms with Gasteiger partial charge < -0.3 is 38.3 Å². The van der Waals surface area contributed by atoms with E-state index in [0.717, 1.165) is 36.4 Å². The Morgan fingerprint density at radius 2 is 1.32 bits per heavy atom. The van der Waals surface area contributed by atoms with Gasteiger partial charge in [0.1, 0.15) is 25.2 Å². The van der Waals surface area contributed by atoms with Crippen molar-refractivity contribution in [3.8, 4) is 0 Å². The van der Waals surface area contributed by atoms with E-state index < -0.39 is 42.5 Å². The average molecular weight is 888 g/mol. The number of esters is 2. The Hall–Kier alpha value is 0.490. The molecule has 0 bridgehead atoms. The zero-order chi connectivity index (χ0) is 31.0. The lowest BCUT2D eigenvalue weighted by molar-refractivity contribution is -0.155. The van der Waals surface area contributed by atoms with Gasteiger partial charge in [0.25, 0.3) is 0 Å². The van der Waals surface area contributed by atoms with Crippen molar-refractivity contribution in [1.29, 1.82) is 0 Å². The van der Waals surface area contributed by atoms with Crippen LogP contribution in [0, 0.1) is 11.8 Å². The summed E-state index contributed by atoms with van der Waals surface area (Å²) in [4.78, 5) is 58.2. The normalized spacial score (nSPS) is 14.0. The summed E-state index contributed by atoms with van der Waals surface area (Å²) in [5.41, 5.74) is 0. The molecular weight excluding hydrogens is 853 g/mol. The molecule has 0 aromatic rings. The molecule has 0 spiro atoms. The summed E-state index contributed by atoms with van der Waals surface area (Å²) in [7, 11) is 6.90. The molecule has 0 saturated heterocycles. The summed E-state index contributed by atoms with van der Waals surface area (Å²) < 4.78 is 36.6. The van der Waals surface area contributed by atoms with Crippen molar-refractivity contribution in [2.24, 2.45) is 11.8 Å². The van der Waals surface area contributed by atoms with E-state index in [1.165, 1.54) is 0 Å². The minimum absolute atomic E-state index is 0.00315. The van der Waals surface area contributed by atoms with Crippen molar-refractivity contribution in [2.45, 2.75) is 31.5 Å². The SMILES string of the molecule is COCC(COCC(COCC(COCC(O)COC(=O)CC(=O)OC)OC(=O)SI)CC(=O)SI)CC(=O)SP. The van der Waals surface area contributed by atoms with Crippen LogP contribution < -0.4 is 0 Å². The van der Waals surface area contributed by atoms with E-state index in [9.17, 15) is 29.1 Å². The number of carbonyl (C=O) groups excluding carboxylic acids is 5.